The molecular formula is C22H29N3. The topological polar surface area (TPSA) is 28.2 Å². The van der Waals surface area contributed by atoms with Crippen LogP contribution in [0, 0.1) is 0 Å². The predicted molar refractivity (Wildman–Crippen MR) is 104 cm³/mol. The third kappa shape index (κ3) is 3.30. The standard InChI is InChI=1S/C22H29N3/c1-22(2,3)17-13-16-9-12-25(21-8-4-5-10-24-21)15-19(16)18(14-17)20-7-6-11-23-20/h4-5,8,10,13-14,20,23H,6-7,9,11-12,15H2,1-3H3/t20-/m0/s1. The molecule has 0 bridgehead atoms. The number of hydrogen-bond acceptors (Lipinski definition) is 3. The van der Waals surface area contributed by atoms with Crippen molar-refractivity contribution in [1.29, 1.82) is 0 Å². The summed E-state index contributed by atoms with van der Waals surface area (Å²) in [6, 6.07) is 11.7. The van der Waals surface area contributed by atoms with Gasteiger partial charge in [-0.05, 0) is 65.6 Å². The van der Waals surface area contributed by atoms with Crippen LogP contribution < -0.4 is 10.2 Å². The number of anilines is 1. The van der Waals surface area contributed by atoms with Crippen molar-refractivity contribution in [2.45, 2.75) is 58.0 Å². The fraction of sp³-hybridized carbons (Fsp3) is 0.500. The summed E-state index contributed by atoms with van der Waals surface area (Å²) in [4.78, 5) is 7.00. The molecule has 0 unspecified atom stereocenters. The molecule has 4 rings (SSSR count). The highest BCUT2D eigenvalue weighted by Crippen LogP contribution is 2.36. The third-order valence-corrected chi connectivity index (χ3v) is 5.65. The minimum atomic E-state index is 0.195. The van der Waals surface area contributed by atoms with Crippen LogP contribution in [0.25, 0.3) is 0 Å². The van der Waals surface area contributed by atoms with Gasteiger partial charge >= 0.3 is 0 Å². The average Bonchev–Trinajstić information content (AvgIpc) is 3.15. The molecular weight excluding hydrogens is 306 g/mol. The molecule has 2 aliphatic heterocycles. The summed E-state index contributed by atoms with van der Waals surface area (Å²) in [5, 5.41) is 3.72. The highest BCUT2D eigenvalue weighted by atomic mass is 15.2. The number of hydrogen-bond donors (Lipinski definition) is 1. The van der Waals surface area contributed by atoms with Gasteiger partial charge in [0.25, 0.3) is 0 Å². The lowest BCUT2D eigenvalue weighted by Crippen LogP contribution is -2.33. The van der Waals surface area contributed by atoms with E-state index in [1.807, 2.05) is 12.3 Å². The summed E-state index contributed by atoms with van der Waals surface area (Å²) in [6.07, 6.45) is 5.54. The van der Waals surface area contributed by atoms with Gasteiger partial charge in [-0.3, -0.25) is 0 Å². The van der Waals surface area contributed by atoms with Crippen LogP contribution in [0.15, 0.2) is 36.5 Å². The molecule has 1 saturated heterocycles. The van der Waals surface area contributed by atoms with Gasteiger partial charge in [-0.25, -0.2) is 4.98 Å². The van der Waals surface area contributed by atoms with E-state index < -0.39 is 0 Å². The molecule has 1 fully saturated rings. The van der Waals surface area contributed by atoms with E-state index >= 15 is 0 Å². The summed E-state index contributed by atoms with van der Waals surface area (Å²) >= 11 is 0. The maximum atomic E-state index is 4.57. The smallest absolute Gasteiger partial charge is 0.128 e. The lowest BCUT2D eigenvalue weighted by Gasteiger charge is -2.34. The van der Waals surface area contributed by atoms with E-state index in [1.165, 1.54) is 29.5 Å². The van der Waals surface area contributed by atoms with Crippen molar-refractivity contribution in [3.63, 3.8) is 0 Å². The molecule has 0 aliphatic carbocycles. The highest BCUT2D eigenvalue weighted by Gasteiger charge is 2.28. The lowest BCUT2D eigenvalue weighted by molar-refractivity contribution is 0.575. The van der Waals surface area contributed by atoms with Crippen molar-refractivity contribution in [2.75, 3.05) is 18.0 Å². The molecule has 2 aromatic rings. The Hall–Kier alpha value is -1.87. The molecule has 3 nitrogen and oxygen atoms in total. The van der Waals surface area contributed by atoms with Crippen molar-refractivity contribution < 1.29 is 0 Å². The summed E-state index contributed by atoms with van der Waals surface area (Å²) in [5.74, 6) is 1.10. The van der Waals surface area contributed by atoms with Crippen LogP contribution in [0.5, 0.6) is 0 Å². The van der Waals surface area contributed by atoms with Crippen molar-refractivity contribution >= 4 is 5.82 Å². The minimum absolute atomic E-state index is 0.195. The van der Waals surface area contributed by atoms with Gasteiger partial charge in [0.05, 0.1) is 0 Å². The molecule has 0 saturated carbocycles. The molecule has 0 spiro atoms. The van der Waals surface area contributed by atoms with Crippen LogP contribution in [-0.2, 0) is 18.4 Å². The first-order valence-electron chi connectivity index (χ1n) is 9.58. The van der Waals surface area contributed by atoms with E-state index in [2.05, 4.69) is 60.2 Å². The number of nitrogens with zero attached hydrogens (tertiary/aromatic N) is 2. The zero-order valence-electron chi connectivity index (χ0n) is 15.7. The molecule has 0 amide bonds. The lowest BCUT2D eigenvalue weighted by atomic mass is 9.80. The monoisotopic (exact) mass is 335 g/mol. The molecule has 1 aromatic carbocycles. The largest absolute Gasteiger partial charge is 0.352 e. The second-order valence-electron chi connectivity index (χ2n) is 8.46. The van der Waals surface area contributed by atoms with Crippen molar-refractivity contribution in [3.05, 3.63) is 58.8 Å². The number of aromatic nitrogens is 1. The fourth-order valence-electron chi connectivity index (χ4n) is 4.13. The zero-order valence-corrected chi connectivity index (χ0v) is 15.7. The van der Waals surface area contributed by atoms with Crippen molar-refractivity contribution in [2.24, 2.45) is 0 Å². The number of benzene rings is 1. The zero-order chi connectivity index (χ0) is 17.4. The third-order valence-electron chi connectivity index (χ3n) is 5.65. The predicted octanol–water partition coefficient (Wildman–Crippen LogP) is 4.37. The van der Waals surface area contributed by atoms with Gasteiger partial charge in [0.2, 0.25) is 0 Å². The number of rotatable bonds is 2. The number of nitrogens with one attached hydrogen (secondary N) is 1. The minimum Gasteiger partial charge on any atom is -0.352 e. The molecule has 3 heterocycles. The molecule has 25 heavy (non-hydrogen) atoms. The van der Waals surface area contributed by atoms with E-state index in [-0.39, 0.29) is 5.41 Å². The van der Waals surface area contributed by atoms with Crippen LogP contribution >= 0.6 is 0 Å². The van der Waals surface area contributed by atoms with Gasteiger partial charge in [0.15, 0.2) is 0 Å². The Morgan fingerprint density at radius 3 is 2.76 bits per heavy atom. The normalized spacial score (nSPS) is 20.6. The molecule has 1 N–H and O–H groups in total. The number of fused-ring (bicyclic) bond motifs is 1. The van der Waals surface area contributed by atoms with Crippen LogP contribution in [0.4, 0.5) is 5.82 Å². The first-order valence-corrected chi connectivity index (χ1v) is 9.58. The Morgan fingerprint density at radius 1 is 1.20 bits per heavy atom. The van der Waals surface area contributed by atoms with E-state index in [0.717, 1.165) is 31.9 Å². The van der Waals surface area contributed by atoms with Gasteiger partial charge in [-0.1, -0.05) is 39.0 Å². The van der Waals surface area contributed by atoms with Gasteiger partial charge in [-0.2, -0.15) is 0 Å². The van der Waals surface area contributed by atoms with Gasteiger partial charge < -0.3 is 10.2 Å². The Balaban J connectivity index is 1.75. The van der Waals surface area contributed by atoms with Crippen LogP contribution in [0.3, 0.4) is 0 Å². The van der Waals surface area contributed by atoms with Gasteiger partial charge in [-0.15, -0.1) is 0 Å². The summed E-state index contributed by atoms with van der Waals surface area (Å²) < 4.78 is 0. The average molecular weight is 335 g/mol. The second-order valence-corrected chi connectivity index (χ2v) is 8.46. The molecule has 3 heteroatoms. The SMILES string of the molecule is CC(C)(C)c1cc2c(c([C@@H]3CCCN3)c1)CN(c1ccccn1)CC2. The number of pyridine rings is 1. The summed E-state index contributed by atoms with van der Waals surface area (Å²) in [5.41, 5.74) is 6.27. The van der Waals surface area contributed by atoms with Crippen LogP contribution in [0.1, 0.15) is 61.9 Å². The molecule has 1 aromatic heterocycles. The first-order chi connectivity index (χ1) is 12.0. The molecule has 1 atom stereocenters. The summed E-state index contributed by atoms with van der Waals surface area (Å²) in [7, 11) is 0. The maximum Gasteiger partial charge on any atom is 0.128 e. The molecule has 132 valence electrons. The quantitative estimate of drug-likeness (QED) is 0.883. The van der Waals surface area contributed by atoms with Gasteiger partial charge in [0, 0.05) is 25.3 Å². The fourth-order valence-corrected chi connectivity index (χ4v) is 4.13. The van der Waals surface area contributed by atoms with Crippen LogP contribution in [-0.4, -0.2) is 18.1 Å². The highest BCUT2D eigenvalue weighted by molar-refractivity contribution is 5.50. The Bertz CT molecular complexity index is 740. The van der Waals surface area contributed by atoms with Crippen molar-refractivity contribution in [3.8, 4) is 0 Å². The van der Waals surface area contributed by atoms with Gasteiger partial charge in [0.1, 0.15) is 5.82 Å². The van der Waals surface area contributed by atoms with E-state index in [4.69, 9.17) is 0 Å². The molecule has 0 radical (unpaired) electrons. The maximum absolute atomic E-state index is 4.57. The van der Waals surface area contributed by atoms with Crippen molar-refractivity contribution in [1.82, 2.24) is 10.3 Å². The van der Waals surface area contributed by atoms with E-state index in [1.54, 1.807) is 5.56 Å². The Labute approximate surface area is 151 Å². The Kier molecular flexibility index (Phi) is 4.28. The van der Waals surface area contributed by atoms with E-state index in [0.29, 0.717) is 6.04 Å². The van der Waals surface area contributed by atoms with E-state index in [9.17, 15) is 0 Å². The molecule has 2 aliphatic rings. The first kappa shape index (κ1) is 16.6. The van der Waals surface area contributed by atoms with Crippen LogP contribution in [0.2, 0.25) is 0 Å². The second kappa shape index (κ2) is 6.45. The Morgan fingerprint density at radius 2 is 2.08 bits per heavy atom. The summed E-state index contributed by atoms with van der Waals surface area (Å²) in [6.45, 7) is 10.1.